The molecule has 3 heterocycles. The summed E-state index contributed by atoms with van der Waals surface area (Å²) in [5.41, 5.74) is 7.41. The Morgan fingerprint density at radius 1 is 1.00 bits per heavy atom. The fraction of sp³-hybridized carbons (Fsp3) is 0.308. The SMILES string of the molecule is CC(C)c1ccccc1-c1csc2cnc(Cc3ccc(N4CCOCC4)cc3)nc12. The summed E-state index contributed by atoms with van der Waals surface area (Å²) in [4.78, 5) is 12.0. The lowest BCUT2D eigenvalue weighted by molar-refractivity contribution is 0.122. The summed E-state index contributed by atoms with van der Waals surface area (Å²) in [7, 11) is 0. The second-order valence-electron chi connectivity index (χ2n) is 8.33. The van der Waals surface area contributed by atoms with Gasteiger partial charge in [-0.1, -0.05) is 50.2 Å². The van der Waals surface area contributed by atoms with Gasteiger partial charge in [-0.15, -0.1) is 11.3 Å². The maximum atomic E-state index is 5.46. The van der Waals surface area contributed by atoms with Crippen molar-refractivity contribution in [2.45, 2.75) is 26.2 Å². The number of anilines is 1. The summed E-state index contributed by atoms with van der Waals surface area (Å²) < 4.78 is 6.60. The summed E-state index contributed by atoms with van der Waals surface area (Å²) in [5, 5.41) is 2.22. The zero-order valence-electron chi connectivity index (χ0n) is 18.0. The summed E-state index contributed by atoms with van der Waals surface area (Å²) in [6, 6.07) is 17.5. The van der Waals surface area contributed by atoms with Gasteiger partial charge in [0.05, 0.1) is 23.4 Å². The van der Waals surface area contributed by atoms with E-state index in [9.17, 15) is 0 Å². The Hall–Kier alpha value is -2.76. The van der Waals surface area contributed by atoms with Crippen LogP contribution in [-0.2, 0) is 11.2 Å². The number of morpholine rings is 1. The maximum Gasteiger partial charge on any atom is 0.133 e. The molecule has 31 heavy (non-hydrogen) atoms. The van der Waals surface area contributed by atoms with Crippen LogP contribution in [0.2, 0.25) is 0 Å². The molecule has 158 valence electrons. The molecular weight excluding hydrogens is 402 g/mol. The molecule has 0 spiro atoms. The molecule has 0 aliphatic carbocycles. The Kier molecular flexibility index (Phi) is 5.70. The molecular formula is C26H27N3OS. The standard InChI is InChI=1S/C26H27N3OS/c1-18(2)21-5-3-4-6-22(21)23-17-31-24-16-27-25(28-26(23)24)15-19-7-9-20(10-8-19)29-11-13-30-14-12-29/h3-10,16-18H,11-15H2,1-2H3. The minimum atomic E-state index is 0.470. The first-order valence-electron chi connectivity index (χ1n) is 10.9. The van der Waals surface area contributed by atoms with Crippen LogP contribution >= 0.6 is 11.3 Å². The van der Waals surface area contributed by atoms with Crippen LogP contribution in [0.25, 0.3) is 21.3 Å². The smallest absolute Gasteiger partial charge is 0.133 e. The van der Waals surface area contributed by atoms with Gasteiger partial charge in [0.2, 0.25) is 0 Å². The third-order valence-electron chi connectivity index (χ3n) is 5.91. The van der Waals surface area contributed by atoms with Crippen molar-refractivity contribution in [1.82, 2.24) is 9.97 Å². The molecule has 0 radical (unpaired) electrons. The molecule has 1 aliphatic rings. The predicted molar refractivity (Wildman–Crippen MR) is 129 cm³/mol. The normalized spacial score (nSPS) is 14.5. The monoisotopic (exact) mass is 429 g/mol. The van der Waals surface area contributed by atoms with Gasteiger partial charge in [-0.2, -0.15) is 0 Å². The molecule has 0 amide bonds. The Morgan fingerprint density at radius 3 is 2.55 bits per heavy atom. The van der Waals surface area contributed by atoms with Crippen LogP contribution in [0.4, 0.5) is 5.69 Å². The quantitative estimate of drug-likeness (QED) is 0.395. The lowest BCUT2D eigenvalue weighted by Gasteiger charge is -2.28. The summed E-state index contributed by atoms with van der Waals surface area (Å²) >= 11 is 1.72. The fourth-order valence-corrected chi connectivity index (χ4v) is 5.08. The maximum absolute atomic E-state index is 5.46. The highest BCUT2D eigenvalue weighted by Crippen LogP contribution is 2.36. The number of rotatable bonds is 5. The summed E-state index contributed by atoms with van der Waals surface area (Å²) in [5.74, 6) is 1.34. The lowest BCUT2D eigenvalue weighted by Crippen LogP contribution is -2.36. The molecule has 0 N–H and O–H groups in total. The largest absolute Gasteiger partial charge is 0.378 e. The van der Waals surface area contributed by atoms with E-state index in [2.05, 4.69) is 77.6 Å². The molecule has 5 heteroatoms. The number of hydrogen-bond acceptors (Lipinski definition) is 5. The molecule has 0 saturated carbocycles. The van der Waals surface area contributed by atoms with Gasteiger partial charge >= 0.3 is 0 Å². The first-order valence-corrected chi connectivity index (χ1v) is 11.8. The highest BCUT2D eigenvalue weighted by Gasteiger charge is 2.15. The third-order valence-corrected chi connectivity index (χ3v) is 6.82. The first kappa shape index (κ1) is 20.2. The van der Waals surface area contributed by atoms with Crippen LogP contribution in [0.3, 0.4) is 0 Å². The second-order valence-corrected chi connectivity index (χ2v) is 9.24. The van der Waals surface area contributed by atoms with Crippen molar-refractivity contribution >= 4 is 27.2 Å². The minimum absolute atomic E-state index is 0.470. The molecule has 0 unspecified atom stereocenters. The van der Waals surface area contributed by atoms with E-state index in [4.69, 9.17) is 9.72 Å². The van der Waals surface area contributed by atoms with Crippen molar-refractivity contribution < 1.29 is 4.74 Å². The van der Waals surface area contributed by atoms with Crippen LogP contribution in [0, 0.1) is 0 Å². The van der Waals surface area contributed by atoms with Gasteiger partial charge in [-0.3, -0.25) is 0 Å². The highest BCUT2D eigenvalue weighted by atomic mass is 32.1. The van der Waals surface area contributed by atoms with Crippen molar-refractivity contribution in [2.24, 2.45) is 0 Å². The van der Waals surface area contributed by atoms with Gasteiger partial charge in [-0.05, 0) is 34.7 Å². The van der Waals surface area contributed by atoms with Gasteiger partial charge < -0.3 is 9.64 Å². The number of fused-ring (bicyclic) bond motifs is 1. The van der Waals surface area contributed by atoms with Gasteiger partial charge in [0.1, 0.15) is 5.82 Å². The fourth-order valence-electron chi connectivity index (χ4n) is 4.22. The molecule has 0 atom stereocenters. The predicted octanol–water partition coefficient (Wildman–Crippen LogP) is 5.91. The summed E-state index contributed by atoms with van der Waals surface area (Å²) in [6.07, 6.45) is 2.71. The molecule has 1 saturated heterocycles. The molecule has 2 aromatic carbocycles. The average molecular weight is 430 g/mol. The zero-order valence-corrected chi connectivity index (χ0v) is 18.9. The van der Waals surface area contributed by atoms with Crippen molar-refractivity contribution in [3.05, 3.63) is 77.1 Å². The number of nitrogens with zero attached hydrogens (tertiary/aromatic N) is 3. The van der Waals surface area contributed by atoms with E-state index in [-0.39, 0.29) is 0 Å². The Labute approximate surface area is 187 Å². The second kappa shape index (κ2) is 8.77. The van der Waals surface area contributed by atoms with Crippen LogP contribution in [0.15, 0.2) is 60.1 Å². The zero-order chi connectivity index (χ0) is 21.2. The number of hydrogen-bond donors (Lipinski definition) is 0. The van der Waals surface area contributed by atoms with Crippen LogP contribution < -0.4 is 4.90 Å². The van der Waals surface area contributed by atoms with E-state index in [1.54, 1.807) is 11.3 Å². The molecule has 5 rings (SSSR count). The number of aromatic nitrogens is 2. The third kappa shape index (κ3) is 4.21. The van der Waals surface area contributed by atoms with Crippen LogP contribution in [-0.4, -0.2) is 36.3 Å². The molecule has 1 aliphatic heterocycles. The molecule has 0 bridgehead atoms. The van der Waals surface area contributed by atoms with E-state index in [0.717, 1.165) is 48.8 Å². The highest BCUT2D eigenvalue weighted by molar-refractivity contribution is 7.17. The van der Waals surface area contributed by atoms with E-state index >= 15 is 0 Å². The topological polar surface area (TPSA) is 38.2 Å². The van der Waals surface area contributed by atoms with Gasteiger partial charge in [0.15, 0.2) is 0 Å². The molecule has 4 aromatic rings. The first-order chi connectivity index (χ1) is 15.2. The minimum Gasteiger partial charge on any atom is -0.378 e. The number of ether oxygens (including phenoxy) is 1. The Bertz CT molecular complexity index is 1180. The van der Waals surface area contributed by atoms with E-state index in [1.807, 2.05) is 6.20 Å². The van der Waals surface area contributed by atoms with Gasteiger partial charge in [0, 0.05) is 42.3 Å². The van der Waals surface area contributed by atoms with Crippen LogP contribution in [0.1, 0.15) is 36.7 Å². The number of benzene rings is 2. The van der Waals surface area contributed by atoms with Crippen molar-refractivity contribution in [2.75, 3.05) is 31.2 Å². The molecule has 4 nitrogen and oxygen atoms in total. The van der Waals surface area contributed by atoms with Gasteiger partial charge in [0.25, 0.3) is 0 Å². The van der Waals surface area contributed by atoms with Crippen molar-refractivity contribution in [3.63, 3.8) is 0 Å². The van der Waals surface area contributed by atoms with Crippen molar-refractivity contribution in [1.29, 1.82) is 0 Å². The summed E-state index contributed by atoms with van der Waals surface area (Å²) in [6.45, 7) is 8.01. The molecule has 2 aromatic heterocycles. The Morgan fingerprint density at radius 2 is 1.77 bits per heavy atom. The average Bonchev–Trinajstić information content (AvgIpc) is 3.23. The lowest BCUT2D eigenvalue weighted by atomic mass is 9.93. The Balaban J connectivity index is 1.42. The number of thiophene rings is 1. The van der Waals surface area contributed by atoms with Crippen molar-refractivity contribution in [3.8, 4) is 11.1 Å². The van der Waals surface area contributed by atoms with Crippen LogP contribution in [0.5, 0.6) is 0 Å². The van der Waals surface area contributed by atoms with Gasteiger partial charge in [-0.25, -0.2) is 9.97 Å². The van der Waals surface area contributed by atoms with E-state index in [0.29, 0.717) is 5.92 Å². The van der Waals surface area contributed by atoms with E-state index < -0.39 is 0 Å². The molecule has 1 fully saturated rings. The van der Waals surface area contributed by atoms with E-state index in [1.165, 1.54) is 27.9 Å².